The van der Waals surface area contributed by atoms with Crippen LogP contribution in [-0.4, -0.2) is 66.0 Å². The third-order valence-electron chi connectivity index (χ3n) is 2.65. The summed E-state index contributed by atoms with van der Waals surface area (Å²) in [5, 5.41) is 9.49. The minimum atomic E-state index is -3.44. The highest BCUT2D eigenvalue weighted by molar-refractivity contribution is 8.00. The molecule has 114 valence electrons. The molecule has 1 rings (SSSR count). The molecule has 1 atom stereocenters. The van der Waals surface area contributed by atoms with E-state index in [4.69, 9.17) is 5.11 Å². The van der Waals surface area contributed by atoms with Gasteiger partial charge in [-0.15, -0.1) is 0 Å². The molecule has 3 amide bonds. The van der Waals surface area contributed by atoms with E-state index >= 15 is 0 Å². The largest absolute Gasteiger partial charge is 0.481 e. The molecule has 2 N–H and O–H groups in total. The van der Waals surface area contributed by atoms with Crippen LogP contribution >= 0.6 is 11.8 Å². The van der Waals surface area contributed by atoms with Crippen molar-refractivity contribution in [3.63, 3.8) is 0 Å². The molecule has 1 aliphatic rings. The van der Waals surface area contributed by atoms with Gasteiger partial charge in [0.1, 0.15) is 5.37 Å². The van der Waals surface area contributed by atoms with Crippen LogP contribution in [0.3, 0.4) is 0 Å². The molecule has 0 aromatic rings. The number of aliphatic carboxylic acids is 1. The van der Waals surface area contributed by atoms with Crippen molar-refractivity contribution in [2.24, 2.45) is 0 Å². The molecular formula is C10H16N2O6S2. The Kier molecular flexibility index (Phi) is 5.81. The van der Waals surface area contributed by atoms with E-state index in [9.17, 15) is 22.8 Å². The smallest absolute Gasteiger partial charge is 0.325 e. The van der Waals surface area contributed by atoms with Crippen LogP contribution in [-0.2, 0) is 19.4 Å². The average Bonchev–Trinajstić information content (AvgIpc) is 2.35. The van der Waals surface area contributed by atoms with Crippen LogP contribution < -0.4 is 5.32 Å². The lowest BCUT2D eigenvalue weighted by Crippen LogP contribution is -2.54. The van der Waals surface area contributed by atoms with Crippen LogP contribution in [0.4, 0.5) is 4.79 Å². The first-order chi connectivity index (χ1) is 9.21. The van der Waals surface area contributed by atoms with Crippen molar-refractivity contribution >= 4 is 39.5 Å². The third kappa shape index (κ3) is 5.00. The zero-order chi connectivity index (χ0) is 15.3. The normalized spacial score (nSPS) is 19.4. The molecule has 0 bridgehead atoms. The number of carboxylic acid groups (broad SMARTS) is 1. The third-order valence-corrected chi connectivity index (χ3v) is 5.30. The van der Waals surface area contributed by atoms with E-state index in [1.807, 2.05) is 5.32 Å². The van der Waals surface area contributed by atoms with E-state index in [-0.39, 0.29) is 25.1 Å². The molecule has 0 saturated carbocycles. The van der Waals surface area contributed by atoms with E-state index in [1.165, 1.54) is 11.8 Å². The van der Waals surface area contributed by atoms with Gasteiger partial charge in [-0.25, -0.2) is 13.2 Å². The van der Waals surface area contributed by atoms with Crippen molar-refractivity contribution in [1.82, 2.24) is 10.2 Å². The molecule has 0 spiro atoms. The number of hydrogen-bond donors (Lipinski definition) is 2. The highest BCUT2D eigenvalue weighted by atomic mass is 32.2. The zero-order valence-corrected chi connectivity index (χ0v) is 12.5. The van der Waals surface area contributed by atoms with Gasteiger partial charge in [0.05, 0.1) is 6.42 Å². The first kappa shape index (κ1) is 16.8. The van der Waals surface area contributed by atoms with Crippen molar-refractivity contribution in [2.75, 3.05) is 24.3 Å². The number of carboxylic acids is 1. The molecule has 0 aromatic carbocycles. The Morgan fingerprint density at radius 2 is 2.00 bits per heavy atom. The first-order valence-electron chi connectivity index (χ1n) is 5.80. The lowest BCUT2D eigenvalue weighted by molar-refractivity contribution is -0.138. The predicted molar refractivity (Wildman–Crippen MR) is 73.1 cm³/mol. The fraction of sp³-hybridized carbons (Fsp3) is 0.700. The molecule has 1 aliphatic heterocycles. The minimum absolute atomic E-state index is 0.223. The van der Waals surface area contributed by atoms with Crippen molar-refractivity contribution in [1.29, 1.82) is 0 Å². The number of carbonyl (C=O) groups excluding carboxylic acids is 2. The maximum Gasteiger partial charge on any atom is 0.325 e. The monoisotopic (exact) mass is 324 g/mol. The summed E-state index contributed by atoms with van der Waals surface area (Å²) in [6.07, 6.45) is 0.327. The van der Waals surface area contributed by atoms with Gasteiger partial charge >= 0.3 is 12.0 Å². The molecule has 0 aromatic heterocycles. The molecule has 1 heterocycles. The number of sulfone groups is 1. The maximum absolute atomic E-state index is 11.9. The second kappa shape index (κ2) is 6.93. The highest BCUT2D eigenvalue weighted by Crippen LogP contribution is 2.20. The fourth-order valence-corrected chi connectivity index (χ4v) is 4.46. The summed E-state index contributed by atoms with van der Waals surface area (Å²) in [5.41, 5.74) is 0. The molecule has 10 heteroatoms. The Bertz CT molecular complexity index is 504. The van der Waals surface area contributed by atoms with Gasteiger partial charge in [-0.1, -0.05) is 0 Å². The summed E-state index contributed by atoms with van der Waals surface area (Å²) in [4.78, 5) is 34.7. The molecular weight excluding hydrogens is 308 g/mol. The minimum Gasteiger partial charge on any atom is -0.481 e. The van der Waals surface area contributed by atoms with Crippen molar-refractivity contribution in [3.05, 3.63) is 0 Å². The zero-order valence-electron chi connectivity index (χ0n) is 10.9. The van der Waals surface area contributed by atoms with Gasteiger partial charge in [0.2, 0.25) is 5.91 Å². The van der Waals surface area contributed by atoms with Gasteiger partial charge in [-0.05, 0) is 0 Å². The number of nitrogens with zero attached hydrogens (tertiary/aromatic N) is 1. The molecule has 0 aliphatic carbocycles. The number of amides is 3. The van der Waals surface area contributed by atoms with E-state index in [0.29, 0.717) is 5.75 Å². The predicted octanol–water partition coefficient (Wildman–Crippen LogP) is -0.493. The molecule has 20 heavy (non-hydrogen) atoms. The quantitative estimate of drug-likeness (QED) is 0.715. The van der Waals surface area contributed by atoms with E-state index in [0.717, 1.165) is 11.2 Å². The average molecular weight is 324 g/mol. The Morgan fingerprint density at radius 1 is 1.35 bits per heavy atom. The molecule has 1 fully saturated rings. The lowest BCUT2D eigenvalue weighted by atomic mass is 10.3. The Hall–Kier alpha value is -1.29. The van der Waals surface area contributed by atoms with Gasteiger partial charge < -0.3 is 10.0 Å². The number of thioether (sulfide) groups is 1. The molecule has 0 radical (unpaired) electrons. The van der Waals surface area contributed by atoms with Crippen molar-refractivity contribution in [2.45, 2.75) is 18.2 Å². The summed E-state index contributed by atoms with van der Waals surface area (Å²) in [6.45, 7) is 0.223. The standard InChI is InChI=1S/C10H16N2O6S2/c1-20(17,18)8-6-19-5-4-12(8)10(16)11-7(13)2-3-9(14)15/h8H,2-6H2,1H3,(H,14,15)(H,11,13,16). The molecule has 8 nitrogen and oxygen atoms in total. The van der Waals surface area contributed by atoms with Gasteiger partial charge in [0.15, 0.2) is 9.84 Å². The fourth-order valence-electron chi connectivity index (χ4n) is 1.64. The van der Waals surface area contributed by atoms with E-state index in [2.05, 4.69) is 0 Å². The van der Waals surface area contributed by atoms with Crippen LogP contribution in [0.2, 0.25) is 0 Å². The number of hydrogen-bond acceptors (Lipinski definition) is 6. The molecule has 1 saturated heterocycles. The van der Waals surface area contributed by atoms with Gasteiger partial charge in [0, 0.05) is 30.7 Å². The van der Waals surface area contributed by atoms with Crippen LogP contribution in [0.5, 0.6) is 0 Å². The summed E-state index contributed by atoms with van der Waals surface area (Å²) in [5.74, 6) is -1.03. The topological polar surface area (TPSA) is 121 Å². The van der Waals surface area contributed by atoms with Crippen molar-refractivity contribution in [3.8, 4) is 0 Å². The van der Waals surface area contributed by atoms with Crippen molar-refractivity contribution < 1.29 is 27.9 Å². The Labute approximate surface area is 120 Å². The number of imide groups is 1. The van der Waals surface area contributed by atoms with E-state index in [1.54, 1.807) is 0 Å². The molecule has 1 unspecified atom stereocenters. The van der Waals surface area contributed by atoms with Crippen LogP contribution in [0.25, 0.3) is 0 Å². The Morgan fingerprint density at radius 3 is 2.55 bits per heavy atom. The van der Waals surface area contributed by atoms with Crippen LogP contribution in [0.15, 0.2) is 0 Å². The lowest BCUT2D eigenvalue weighted by Gasteiger charge is -2.33. The maximum atomic E-state index is 11.9. The van der Waals surface area contributed by atoms with Gasteiger partial charge in [0.25, 0.3) is 0 Å². The van der Waals surface area contributed by atoms with Crippen LogP contribution in [0.1, 0.15) is 12.8 Å². The first-order valence-corrected chi connectivity index (χ1v) is 8.91. The second-order valence-corrected chi connectivity index (χ2v) is 7.65. The number of carbonyl (C=O) groups is 3. The van der Waals surface area contributed by atoms with Gasteiger partial charge in [-0.3, -0.25) is 14.9 Å². The SMILES string of the molecule is CS(=O)(=O)C1CSCCN1C(=O)NC(=O)CCC(=O)O. The summed E-state index contributed by atoms with van der Waals surface area (Å²) in [7, 11) is -3.44. The van der Waals surface area contributed by atoms with Gasteiger partial charge in [-0.2, -0.15) is 11.8 Å². The second-order valence-electron chi connectivity index (χ2n) is 4.30. The summed E-state index contributed by atoms with van der Waals surface area (Å²) in [6, 6.07) is -0.795. The number of rotatable bonds is 4. The Balaban J connectivity index is 2.64. The van der Waals surface area contributed by atoms with E-state index < -0.39 is 33.1 Å². The summed E-state index contributed by atoms with van der Waals surface area (Å²) < 4.78 is 23.2. The number of nitrogens with one attached hydrogen (secondary N) is 1. The highest BCUT2D eigenvalue weighted by Gasteiger charge is 2.34. The summed E-state index contributed by atoms with van der Waals surface area (Å²) >= 11 is 1.42. The van der Waals surface area contributed by atoms with Crippen LogP contribution in [0, 0.1) is 0 Å². The number of urea groups is 1.